The van der Waals surface area contributed by atoms with Crippen molar-refractivity contribution < 1.29 is 9.90 Å². The van der Waals surface area contributed by atoms with Crippen LogP contribution in [0.5, 0.6) is 0 Å². The molecule has 3 aromatic carbocycles. The summed E-state index contributed by atoms with van der Waals surface area (Å²) < 4.78 is 2.15. The third kappa shape index (κ3) is 3.71. The van der Waals surface area contributed by atoms with Crippen LogP contribution < -0.4 is 0 Å². The number of imidazole rings is 1. The van der Waals surface area contributed by atoms with Crippen LogP contribution in [0.4, 0.5) is 0 Å². The van der Waals surface area contributed by atoms with Crippen LogP contribution >= 0.6 is 0 Å². The second kappa shape index (κ2) is 9.11. The number of aliphatic hydroxyl groups is 1. The molecule has 1 heterocycles. The summed E-state index contributed by atoms with van der Waals surface area (Å²) in [6.45, 7) is 1.98. The first-order valence-electron chi connectivity index (χ1n) is 10.5. The van der Waals surface area contributed by atoms with Gasteiger partial charge in [0.2, 0.25) is 0 Å². The van der Waals surface area contributed by atoms with Crippen LogP contribution in [-0.4, -0.2) is 20.9 Å². The van der Waals surface area contributed by atoms with Gasteiger partial charge < -0.3 is 14.5 Å². The van der Waals surface area contributed by atoms with Crippen LogP contribution in [0.15, 0.2) is 97.3 Å². The van der Waals surface area contributed by atoms with Gasteiger partial charge in [-0.2, -0.15) is 0 Å². The summed E-state index contributed by atoms with van der Waals surface area (Å²) in [7, 11) is 0. The molecule has 1 atom stereocenters. The number of hydrogen-bond acceptors (Lipinski definition) is 3. The fourth-order valence-corrected chi connectivity index (χ4v) is 4.41. The highest BCUT2D eigenvalue weighted by Crippen LogP contribution is 2.42. The maximum atomic E-state index is 10.8. The molecule has 0 amide bonds. The zero-order valence-electron chi connectivity index (χ0n) is 17.6. The van der Waals surface area contributed by atoms with Crippen LogP contribution in [-0.2, 0) is 10.3 Å². The Balaban J connectivity index is 2.03. The van der Waals surface area contributed by atoms with Crippen LogP contribution in [0.25, 0.3) is 0 Å². The molecule has 0 radical (unpaired) electrons. The molecule has 1 N–H and O–H groups in total. The number of hydrogen-bond donors (Lipinski definition) is 1. The maximum absolute atomic E-state index is 10.8. The summed E-state index contributed by atoms with van der Waals surface area (Å²) in [6, 6.07) is 31.1. The van der Waals surface area contributed by atoms with Gasteiger partial charge in [-0.15, -0.1) is 0 Å². The summed E-state index contributed by atoms with van der Waals surface area (Å²) >= 11 is 0. The molecule has 1 aromatic heterocycles. The van der Waals surface area contributed by atoms with Crippen LogP contribution in [0.1, 0.15) is 47.0 Å². The zero-order chi connectivity index (χ0) is 21.7. The van der Waals surface area contributed by atoms with Crippen molar-refractivity contribution in [3.8, 4) is 0 Å². The molecule has 1 unspecified atom stereocenters. The van der Waals surface area contributed by atoms with E-state index >= 15 is 0 Å². The topological polar surface area (TPSA) is 55.1 Å². The average molecular weight is 411 g/mol. The monoisotopic (exact) mass is 410 g/mol. The summed E-state index contributed by atoms with van der Waals surface area (Å²) in [5.41, 5.74) is 4.11. The fourth-order valence-electron chi connectivity index (χ4n) is 4.41. The Morgan fingerprint density at radius 2 is 1.32 bits per heavy atom. The molecular formula is C27H26N2O2. The van der Waals surface area contributed by atoms with Crippen molar-refractivity contribution in [1.29, 1.82) is 0 Å². The lowest BCUT2D eigenvalue weighted by Gasteiger charge is -2.38. The van der Waals surface area contributed by atoms with Crippen LogP contribution in [0.2, 0.25) is 0 Å². The molecule has 31 heavy (non-hydrogen) atoms. The van der Waals surface area contributed by atoms with E-state index in [1.165, 1.54) is 0 Å². The Bertz CT molecular complexity index is 1030. The molecule has 156 valence electrons. The maximum Gasteiger partial charge on any atom is 0.121 e. The molecule has 4 nitrogen and oxygen atoms in total. The second-order valence-electron chi connectivity index (χ2n) is 7.65. The van der Waals surface area contributed by atoms with E-state index in [0.717, 1.165) is 28.7 Å². The minimum atomic E-state index is -0.786. The van der Waals surface area contributed by atoms with Crippen molar-refractivity contribution in [3.63, 3.8) is 0 Å². The van der Waals surface area contributed by atoms with Crippen molar-refractivity contribution in [2.75, 3.05) is 0 Å². The van der Waals surface area contributed by atoms with E-state index in [1.807, 2.05) is 67.8 Å². The Labute approximate surface area is 182 Å². The van der Waals surface area contributed by atoms with Gasteiger partial charge in [-0.3, -0.25) is 0 Å². The number of aromatic nitrogens is 2. The Morgan fingerprint density at radius 1 is 0.871 bits per heavy atom. The summed E-state index contributed by atoms with van der Waals surface area (Å²) in [4.78, 5) is 15.4. The molecule has 4 heteroatoms. The number of benzene rings is 3. The number of aldehydes is 1. The van der Waals surface area contributed by atoms with Gasteiger partial charge in [0.05, 0.1) is 18.1 Å². The minimum absolute atomic E-state index is 0.300. The minimum Gasteiger partial charge on any atom is -0.387 e. The molecule has 0 saturated carbocycles. The van der Waals surface area contributed by atoms with Crippen LogP contribution in [0, 0.1) is 6.92 Å². The smallest absolute Gasteiger partial charge is 0.121 e. The number of nitrogens with zero attached hydrogens (tertiary/aromatic N) is 2. The van der Waals surface area contributed by atoms with Gasteiger partial charge in [-0.05, 0) is 30.0 Å². The van der Waals surface area contributed by atoms with Crippen molar-refractivity contribution in [2.24, 2.45) is 0 Å². The lowest BCUT2D eigenvalue weighted by molar-refractivity contribution is -0.108. The van der Waals surface area contributed by atoms with E-state index in [1.54, 1.807) is 0 Å². The average Bonchev–Trinajstić information content (AvgIpc) is 3.22. The molecule has 0 bridgehead atoms. The van der Waals surface area contributed by atoms with E-state index in [9.17, 15) is 9.90 Å². The van der Waals surface area contributed by atoms with E-state index in [0.29, 0.717) is 18.5 Å². The number of rotatable bonds is 8. The first-order chi connectivity index (χ1) is 15.2. The fraction of sp³-hybridized carbons (Fsp3) is 0.185. The van der Waals surface area contributed by atoms with Crippen LogP contribution in [0.3, 0.4) is 0 Å². The highest BCUT2D eigenvalue weighted by molar-refractivity contribution is 5.52. The highest BCUT2D eigenvalue weighted by Gasteiger charge is 2.40. The Hall–Kier alpha value is -3.50. The Kier molecular flexibility index (Phi) is 6.10. The van der Waals surface area contributed by atoms with Gasteiger partial charge in [-0.25, -0.2) is 4.98 Å². The standard InChI is InChI=1S/C27H26N2O2/c1-21-26(25(31)18-11-19-30)28-20-29(21)27(22-12-5-2-6-13-22,23-14-7-3-8-15-23)24-16-9-4-10-17-24/h2-10,12-17,19-20,25,31H,11,18H2,1H3. The van der Waals surface area contributed by atoms with Gasteiger partial charge in [-0.1, -0.05) is 91.0 Å². The van der Waals surface area contributed by atoms with Crippen molar-refractivity contribution in [3.05, 3.63) is 125 Å². The molecule has 0 aliphatic heterocycles. The molecule has 4 aromatic rings. The lowest BCUT2D eigenvalue weighted by Crippen LogP contribution is -2.38. The largest absolute Gasteiger partial charge is 0.387 e. The zero-order valence-corrected chi connectivity index (χ0v) is 17.6. The predicted octanol–water partition coefficient (Wildman–Crippen LogP) is 5.04. The molecule has 0 fully saturated rings. The first kappa shape index (κ1) is 20.8. The molecular weight excluding hydrogens is 384 g/mol. The Morgan fingerprint density at radius 3 is 1.74 bits per heavy atom. The summed E-state index contributed by atoms with van der Waals surface area (Å²) in [5.74, 6) is 0. The molecule has 0 saturated heterocycles. The van der Waals surface area contributed by atoms with Crippen molar-refractivity contribution >= 4 is 6.29 Å². The van der Waals surface area contributed by atoms with Gasteiger partial charge in [0, 0.05) is 12.1 Å². The third-order valence-corrected chi connectivity index (χ3v) is 5.85. The van der Waals surface area contributed by atoms with Gasteiger partial charge >= 0.3 is 0 Å². The lowest BCUT2D eigenvalue weighted by atomic mass is 9.76. The number of aliphatic hydroxyl groups excluding tert-OH is 1. The van der Waals surface area contributed by atoms with Gasteiger partial charge in [0.25, 0.3) is 0 Å². The third-order valence-electron chi connectivity index (χ3n) is 5.85. The SMILES string of the molecule is Cc1c(C(O)CCC=O)ncn1C(c1ccccc1)(c1ccccc1)c1ccccc1. The highest BCUT2D eigenvalue weighted by atomic mass is 16.3. The molecule has 4 rings (SSSR count). The molecule has 0 spiro atoms. The number of carbonyl (C=O) groups excluding carboxylic acids is 1. The van der Waals surface area contributed by atoms with E-state index < -0.39 is 11.6 Å². The number of carbonyl (C=O) groups is 1. The van der Waals surface area contributed by atoms with Crippen molar-refractivity contribution in [1.82, 2.24) is 9.55 Å². The second-order valence-corrected chi connectivity index (χ2v) is 7.65. The first-order valence-corrected chi connectivity index (χ1v) is 10.5. The van der Waals surface area contributed by atoms with E-state index in [-0.39, 0.29) is 0 Å². The normalized spacial score (nSPS) is 12.5. The quantitative estimate of drug-likeness (QED) is 0.327. The van der Waals surface area contributed by atoms with Gasteiger partial charge in [0.15, 0.2) is 0 Å². The summed E-state index contributed by atoms with van der Waals surface area (Å²) in [6.07, 6.45) is 2.51. The molecule has 0 aliphatic carbocycles. The summed E-state index contributed by atoms with van der Waals surface area (Å²) in [5, 5.41) is 10.7. The molecule has 0 aliphatic rings. The van der Waals surface area contributed by atoms with E-state index in [4.69, 9.17) is 0 Å². The van der Waals surface area contributed by atoms with Crippen molar-refractivity contribution in [2.45, 2.75) is 31.4 Å². The van der Waals surface area contributed by atoms with Gasteiger partial charge in [0.1, 0.15) is 11.8 Å². The van der Waals surface area contributed by atoms with E-state index in [2.05, 4.69) is 45.9 Å². The predicted molar refractivity (Wildman–Crippen MR) is 122 cm³/mol.